The van der Waals surface area contributed by atoms with Crippen LogP contribution in [0.5, 0.6) is 0 Å². The van der Waals surface area contributed by atoms with Gasteiger partial charge >= 0.3 is 17.9 Å². The quantitative estimate of drug-likeness (QED) is 0.0268. The smallest absolute Gasteiger partial charge is 0.306 e. The number of hydrogen-bond acceptors (Lipinski definition) is 6. The van der Waals surface area contributed by atoms with Crippen molar-refractivity contribution in [2.24, 2.45) is 0 Å². The Morgan fingerprint density at radius 2 is 0.656 bits per heavy atom. The number of carbonyl (C=O) groups excluding carboxylic acids is 3. The van der Waals surface area contributed by atoms with E-state index in [-0.39, 0.29) is 38.0 Å². The SMILES string of the molecule is CC\C=C/C=C\C=C/C=C\C=C/CCCC(=O)OC(COC(=O)CCCCC\C=C/C=C\C=C\C=C/C=C\C=C/C=C\CC)COC(=O)CCCCC/C=C\C=C/CCCC. The second-order valence-electron chi connectivity index (χ2n) is 14.2. The maximum Gasteiger partial charge on any atom is 0.306 e. The van der Waals surface area contributed by atoms with Gasteiger partial charge in [-0.2, -0.15) is 0 Å². The third-order valence-electron chi connectivity index (χ3n) is 8.54. The summed E-state index contributed by atoms with van der Waals surface area (Å²) < 4.78 is 16.6. The molecule has 0 saturated carbocycles. The van der Waals surface area contributed by atoms with Gasteiger partial charge < -0.3 is 14.2 Å². The fourth-order valence-corrected chi connectivity index (χ4v) is 5.13. The number of unbranched alkanes of at least 4 members (excludes halogenated alkanes) is 9. The molecule has 334 valence electrons. The average Bonchev–Trinajstić information content (AvgIpc) is 3.26. The maximum absolute atomic E-state index is 12.7. The minimum atomic E-state index is -0.853. The molecule has 0 amide bonds. The molecule has 0 rings (SSSR count). The molecule has 0 bridgehead atoms. The molecule has 0 saturated heterocycles. The second kappa shape index (κ2) is 47.4. The number of hydrogen-bond donors (Lipinski definition) is 0. The van der Waals surface area contributed by atoms with Gasteiger partial charge in [-0.3, -0.25) is 14.4 Å². The van der Waals surface area contributed by atoms with Gasteiger partial charge in [-0.1, -0.05) is 217 Å². The van der Waals surface area contributed by atoms with Crippen molar-refractivity contribution >= 4 is 17.9 Å². The molecule has 0 radical (unpaired) electrons. The Morgan fingerprint density at radius 1 is 0.344 bits per heavy atom. The highest BCUT2D eigenvalue weighted by atomic mass is 16.6. The zero-order valence-electron chi connectivity index (χ0n) is 37.8. The van der Waals surface area contributed by atoms with Crippen molar-refractivity contribution in [2.75, 3.05) is 13.2 Å². The molecule has 0 aromatic heterocycles. The van der Waals surface area contributed by atoms with Crippen LogP contribution >= 0.6 is 0 Å². The van der Waals surface area contributed by atoms with E-state index in [1.807, 2.05) is 128 Å². The van der Waals surface area contributed by atoms with E-state index in [2.05, 4.69) is 63.3 Å². The largest absolute Gasteiger partial charge is 0.462 e. The summed E-state index contributed by atoms with van der Waals surface area (Å²) in [5.74, 6) is -1.12. The zero-order chi connectivity index (χ0) is 44.4. The minimum Gasteiger partial charge on any atom is -0.462 e. The first kappa shape index (κ1) is 55.8. The summed E-state index contributed by atoms with van der Waals surface area (Å²) in [6, 6.07) is 0. The van der Waals surface area contributed by atoms with Gasteiger partial charge in [0.25, 0.3) is 0 Å². The summed E-state index contributed by atoms with van der Waals surface area (Å²) in [4.78, 5) is 37.7. The summed E-state index contributed by atoms with van der Waals surface area (Å²) in [5, 5.41) is 0. The molecule has 0 heterocycles. The summed E-state index contributed by atoms with van der Waals surface area (Å²) in [6.07, 6.45) is 70.5. The Kier molecular flexibility index (Phi) is 43.4. The number of carbonyl (C=O) groups is 3. The van der Waals surface area contributed by atoms with Crippen LogP contribution in [0.2, 0.25) is 0 Å². The molecule has 0 N–H and O–H groups in total. The minimum absolute atomic E-state index is 0.146. The van der Waals surface area contributed by atoms with Crippen LogP contribution in [0.4, 0.5) is 0 Å². The van der Waals surface area contributed by atoms with Gasteiger partial charge in [0.05, 0.1) is 0 Å². The van der Waals surface area contributed by atoms with Crippen molar-refractivity contribution in [3.05, 3.63) is 170 Å². The fourth-order valence-electron chi connectivity index (χ4n) is 5.13. The van der Waals surface area contributed by atoms with E-state index in [1.54, 1.807) is 0 Å². The molecule has 6 nitrogen and oxygen atoms in total. The number of ether oxygens (including phenoxy) is 3. The summed E-state index contributed by atoms with van der Waals surface area (Å²) in [5.41, 5.74) is 0. The summed E-state index contributed by atoms with van der Waals surface area (Å²) in [6.45, 7) is 6.11. The van der Waals surface area contributed by atoms with Gasteiger partial charge in [0, 0.05) is 19.3 Å². The molecule has 1 unspecified atom stereocenters. The van der Waals surface area contributed by atoms with Gasteiger partial charge in [-0.25, -0.2) is 0 Å². The van der Waals surface area contributed by atoms with E-state index in [4.69, 9.17) is 14.2 Å². The van der Waals surface area contributed by atoms with Crippen LogP contribution in [-0.4, -0.2) is 37.2 Å². The third kappa shape index (κ3) is 45.7. The predicted octanol–water partition coefficient (Wildman–Crippen LogP) is 14.9. The van der Waals surface area contributed by atoms with Crippen LogP contribution in [0, 0.1) is 0 Å². The second-order valence-corrected chi connectivity index (χ2v) is 14.2. The van der Waals surface area contributed by atoms with E-state index in [0.717, 1.165) is 64.2 Å². The van der Waals surface area contributed by atoms with E-state index in [9.17, 15) is 14.4 Å². The van der Waals surface area contributed by atoms with Crippen LogP contribution in [-0.2, 0) is 28.6 Å². The standard InChI is InChI=1S/C55H78O6/c1-4-7-10-13-16-19-22-24-25-26-27-28-29-31-33-36-39-42-45-48-54(57)60-51-52(50-59-53(56)47-44-41-38-35-32-21-18-15-12-9-6-3)61-55(58)49-46-43-40-37-34-30-23-20-17-14-11-8-5-2/h7-8,10-11,13-34,37,40,52H,4-6,9,12,35-36,38-39,41-51H2,1-3H3/b10-7-,11-8-,16-13-,17-14-,18-15-,22-19-,23-20-,25-24-,27-26+,29-28-,32-21-,33-31-,34-30-,40-37-. The topological polar surface area (TPSA) is 78.9 Å². The highest BCUT2D eigenvalue weighted by Gasteiger charge is 2.19. The van der Waals surface area contributed by atoms with Crippen molar-refractivity contribution in [3.8, 4) is 0 Å². The van der Waals surface area contributed by atoms with Crippen LogP contribution in [0.1, 0.15) is 136 Å². The molecule has 0 spiro atoms. The zero-order valence-corrected chi connectivity index (χ0v) is 37.8. The summed E-state index contributed by atoms with van der Waals surface area (Å²) in [7, 11) is 0. The monoisotopic (exact) mass is 835 g/mol. The predicted molar refractivity (Wildman–Crippen MR) is 260 cm³/mol. The molecule has 0 aromatic carbocycles. The first-order valence-corrected chi connectivity index (χ1v) is 22.8. The lowest BCUT2D eigenvalue weighted by Gasteiger charge is -2.18. The number of esters is 3. The lowest BCUT2D eigenvalue weighted by atomic mass is 10.1. The van der Waals surface area contributed by atoms with E-state index in [0.29, 0.717) is 25.7 Å². The molecule has 1 atom stereocenters. The molecule has 61 heavy (non-hydrogen) atoms. The molecule has 0 fully saturated rings. The molecular formula is C55H78O6. The Hall–Kier alpha value is -5.23. The Bertz CT molecular complexity index is 1520. The van der Waals surface area contributed by atoms with Gasteiger partial charge in [0.2, 0.25) is 0 Å². The van der Waals surface area contributed by atoms with Crippen molar-refractivity contribution < 1.29 is 28.6 Å². The maximum atomic E-state index is 12.7. The first-order chi connectivity index (χ1) is 30.0. The highest BCUT2D eigenvalue weighted by molar-refractivity contribution is 5.71. The van der Waals surface area contributed by atoms with Crippen molar-refractivity contribution in [2.45, 2.75) is 142 Å². The highest BCUT2D eigenvalue weighted by Crippen LogP contribution is 2.10. The van der Waals surface area contributed by atoms with Crippen LogP contribution in [0.25, 0.3) is 0 Å². The first-order valence-electron chi connectivity index (χ1n) is 22.8. The van der Waals surface area contributed by atoms with Gasteiger partial charge in [0.1, 0.15) is 13.2 Å². The van der Waals surface area contributed by atoms with Crippen molar-refractivity contribution in [1.29, 1.82) is 0 Å². The third-order valence-corrected chi connectivity index (χ3v) is 8.54. The Labute approximate surface area is 371 Å². The Morgan fingerprint density at radius 3 is 1.03 bits per heavy atom. The van der Waals surface area contributed by atoms with Crippen LogP contribution in [0.3, 0.4) is 0 Å². The Balaban J connectivity index is 4.67. The number of rotatable bonds is 37. The van der Waals surface area contributed by atoms with E-state index in [1.165, 1.54) is 12.8 Å². The molecular weight excluding hydrogens is 757 g/mol. The fraction of sp³-hybridized carbons (Fsp3) is 0.436. The van der Waals surface area contributed by atoms with Crippen LogP contribution < -0.4 is 0 Å². The van der Waals surface area contributed by atoms with Crippen LogP contribution in [0.15, 0.2) is 170 Å². The lowest BCUT2D eigenvalue weighted by molar-refractivity contribution is -0.167. The molecule has 0 aliphatic carbocycles. The van der Waals surface area contributed by atoms with E-state index < -0.39 is 12.1 Å². The normalized spacial score (nSPS) is 13.7. The summed E-state index contributed by atoms with van der Waals surface area (Å²) >= 11 is 0. The van der Waals surface area contributed by atoms with E-state index >= 15 is 0 Å². The molecule has 0 aliphatic heterocycles. The molecule has 0 aliphatic rings. The average molecular weight is 835 g/mol. The van der Waals surface area contributed by atoms with Crippen molar-refractivity contribution in [1.82, 2.24) is 0 Å². The lowest BCUT2D eigenvalue weighted by Crippen LogP contribution is -2.30. The van der Waals surface area contributed by atoms with Gasteiger partial charge in [-0.05, 0) is 70.6 Å². The molecule has 6 heteroatoms. The number of allylic oxidation sites excluding steroid dienone is 28. The van der Waals surface area contributed by atoms with Gasteiger partial charge in [-0.15, -0.1) is 0 Å². The molecule has 0 aromatic rings. The van der Waals surface area contributed by atoms with Gasteiger partial charge in [0.15, 0.2) is 6.10 Å². The van der Waals surface area contributed by atoms with Crippen molar-refractivity contribution in [3.63, 3.8) is 0 Å².